The monoisotopic (exact) mass is 352 g/mol. The molecule has 1 atom stereocenters. The Morgan fingerprint density at radius 1 is 0.960 bits per heavy atom. The molecule has 0 saturated carbocycles. The van der Waals surface area contributed by atoms with E-state index in [1.54, 1.807) is 12.1 Å². The van der Waals surface area contributed by atoms with Crippen molar-refractivity contribution in [1.82, 2.24) is 0 Å². The van der Waals surface area contributed by atoms with Crippen molar-refractivity contribution in [3.8, 4) is 16.9 Å². The molecule has 0 N–H and O–H groups in total. The minimum atomic E-state index is -0.484. The second kappa shape index (κ2) is 5.89. The van der Waals surface area contributed by atoms with Gasteiger partial charge in [0.2, 0.25) is 0 Å². The number of hydrogen-bond donors (Lipinski definition) is 0. The summed E-state index contributed by atoms with van der Waals surface area (Å²) in [5, 5.41) is 0.549. The molecule has 1 nitrogen and oxygen atoms in total. The Kier molecular flexibility index (Phi) is 3.81. The minimum Gasteiger partial charge on any atom is -0.482 e. The molecular weight excluding hydrogens is 335 g/mol. The van der Waals surface area contributed by atoms with Crippen LogP contribution in [0.2, 0.25) is 5.02 Å². The summed E-state index contributed by atoms with van der Waals surface area (Å²) in [6.07, 6.45) is 0.649. The fourth-order valence-electron chi connectivity index (χ4n) is 3.66. The highest BCUT2D eigenvalue weighted by Gasteiger charge is 2.39. The summed E-state index contributed by atoms with van der Waals surface area (Å²) in [7, 11) is 0. The van der Waals surface area contributed by atoms with E-state index in [9.17, 15) is 4.39 Å². The van der Waals surface area contributed by atoms with Crippen molar-refractivity contribution in [3.05, 3.63) is 88.2 Å². The summed E-state index contributed by atoms with van der Waals surface area (Å²) >= 11 is 6.50. The van der Waals surface area contributed by atoms with Gasteiger partial charge in [-0.3, -0.25) is 0 Å². The van der Waals surface area contributed by atoms with Crippen LogP contribution in [0.15, 0.2) is 60.7 Å². The van der Waals surface area contributed by atoms with Gasteiger partial charge in [-0.15, -0.1) is 0 Å². The van der Waals surface area contributed by atoms with Gasteiger partial charge in [0, 0.05) is 28.1 Å². The van der Waals surface area contributed by atoms with E-state index in [-0.39, 0.29) is 5.82 Å². The van der Waals surface area contributed by atoms with Crippen LogP contribution in [0.4, 0.5) is 4.39 Å². The summed E-state index contributed by atoms with van der Waals surface area (Å²) in [5.74, 6) is 0.511. The lowest BCUT2D eigenvalue weighted by molar-refractivity contribution is 0.116. The first kappa shape index (κ1) is 16.2. The SMILES string of the molecule is Cc1cccc(F)c1-c1c(Cl)ccc2c1C[C@@](C)(c1ccccc1)O2. The molecule has 3 aromatic rings. The van der Waals surface area contributed by atoms with Gasteiger partial charge in [0.15, 0.2) is 0 Å². The Morgan fingerprint density at radius 2 is 1.72 bits per heavy atom. The summed E-state index contributed by atoms with van der Waals surface area (Å²) < 4.78 is 20.9. The molecule has 0 saturated heterocycles. The zero-order valence-corrected chi connectivity index (χ0v) is 14.9. The second-order valence-electron chi connectivity index (χ2n) is 6.71. The summed E-state index contributed by atoms with van der Waals surface area (Å²) in [6.45, 7) is 3.97. The molecule has 0 aromatic heterocycles. The third-order valence-electron chi connectivity index (χ3n) is 4.92. The van der Waals surface area contributed by atoms with Gasteiger partial charge in [-0.1, -0.05) is 54.1 Å². The molecule has 0 fully saturated rings. The van der Waals surface area contributed by atoms with Crippen LogP contribution in [0.3, 0.4) is 0 Å². The molecule has 0 bridgehead atoms. The predicted octanol–water partition coefficient (Wildman–Crippen LogP) is 6.30. The smallest absolute Gasteiger partial charge is 0.135 e. The van der Waals surface area contributed by atoms with E-state index in [1.165, 1.54) is 6.07 Å². The fraction of sp³-hybridized carbons (Fsp3) is 0.182. The van der Waals surface area contributed by atoms with Crippen molar-refractivity contribution in [1.29, 1.82) is 0 Å². The van der Waals surface area contributed by atoms with E-state index in [4.69, 9.17) is 16.3 Å². The van der Waals surface area contributed by atoms with Crippen molar-refractivity contribution in [2.24, 2.45) is 0 Å². The second-order valence-corrected chi connectivity index (χ2v) is 7.11. The maximum atomic E-state index is 14.6. The Morgan fingerprint density at radius 3 is 2.44 bits per heavy atom. The largest absolute Gasteiger partial charge is 0.482 e. The molecule has 126 valence electrons. The molecule has 1 aliphatic rings. The van der Waals surface area contributed by atoms with Gasteiger partial charge >= 0.3 is 0 Å². The lowest BCUT2D eigenvalue weighted by Crippen LogP contribution is -2.26. The van der Waals surface area contributed by atoms with Gasteiger partial charge in [0.05, 0.1) is 0 Å². The Hall–Kier alpha value is -2.32. The number of ether oxygens (including phenoxy) is 1. The summed E-state index contributed by atoms with van der Waals surface area (Å²) in [5.41, 5.74) is 3.75. The van der Waals surface area contributed by atoms with Crippen LogP contribution in [0.5, 0.6) is 5.75 Å². The molecule has 25 heavy (non-hydrogen) atoms. The van der Waals surface area contributed by atoms with E-state index in [0.29, 0.717) is 17.0 Å². The fourth-order valence-corrected chi connectivity index (χ4v) is 3.93. The van der Waals surface area contributed by atoms with Crippen LogP contribution in [0.25, 0.3) is 11.1 Å². The summed E-state index contributed by atoms with van der Waals surface area (Å²) in [4.78, 5) is 0. The highest BCUT2D eigenvalue weighted by Crippen LogP contribution is 2.48. The first-order valence-corrected chi connectivity index (χ1v) is 8.69. The third kappa shape index (κ3) is 2.61. The maximum absolute atomic E-state index is 14.6. The Balaban J connectivity index is 1.89. The number of hydrogen-bond acceptors (Lipinski definition) is 1. The molecule has 1 aliphatic heterocycles. The van der Waals surface area contributed by atoms with Crippen LogP contribution in [0, 0.1) is 12.7 Å². The third-order valence-corrected chi connectivity index (χ3v) is 5.24. The average Bonchev–Trinajstić information content (AvgIpc) is 2.95. The van der Waals surface area contributed by atoms with E-state index in [1.807, 2.05) is 37.3 Å². The van der Waals surface area contributed by atoms with Crippen molar-refractivity contribution in [2.45, 2.75) is 25.9 Å². The van der Waals surface area contributed by atoms with Crippen molar-refractivity contribution >= 4 is 11.6 Å². The molecule has 0 spiro atoms. The standard InChI is InChI=1S/C22H18ClFO/c1-14-7-6-10-18(24)20(14)21-16-13-22(2,15-8-4-3-5-9-15)25-19(16)12-11-17(21)23/h3-12H,13H2,1-2H3/t22-/m0/s1. The van der Waals surface area contributed by atoms with E-state index >= 15 is 0 Å². The van der Waals surface area contributed by atoms with Gasteiger partial charge < -0.3 is 4.74 Å². The zero-order valence-electron chi connectivity index (χ0n) is 14.1. The lowest BCUT2D eigenvalue weighted by Gasteiger charge is -2.24. The predicted molar refractivity (Wildman–Crippen MR) is 99.7 cm³/mol. The summed E-state index contributed by atoms with van der Waals surface area (Å²) in [6, 6.07) is 18.9. The zero-order chi connectivity index (χ0) is 17.6. The molecule has 0 radical (unpaired) electrons. The molecule has 0 aliphatic carbocycles. The Labute approximate surface area is 152 Å². The van der Waals surface area contributed by atoms with Crippen molar-refractivity contribution in [3.63, 3.8) is 0 Å². The molecule has 1 heterocycles. The van der Waals surface area contributed by atoms with Gasteiger partial charge in [-0.05, 0) is 43.2 Å². The first-order chi connectivity index (χ1) is 12.0. The number of fused-ring (bicyclic) bond motifs is 1. The molecule has 0 amide bonds. The number of halogens is 2. The van der Waals surface area contributed by atoms with E-state index in [2.05, 4.69) is 19.1 Å². The van der Waals surface area contributed by atoms with Crippen molar-refractivity contribution in [2.75, 3.05) is 0 Å². The van der Waals surface area contributed by atoms with Crippen LogP contribution >= 0.6 is 11.6 Å². The molecule has 0 unspecified atom stereocenters. The molecular formula is C22H18ClFO. The average molecular weight is 353 g/mol. The van der Waals surface area contributed by atoms with Crippen LogP contribution < -0.4 is 4.74 Å². The maximum Gasteiger partial charge on any atom is 0.135 e. The molecule has 3 heteroatoms. The highest BCUT2D eigenvalue weighted by atomic mass is 35.5. The lowest BCUT2D eigenvalue weighted by atomic mass is 9.87. The Bertz CT molecular complexity index is 931. The quantitative estimate of drug-likeness (QED) is 0.525. The number of benzene rings is 3. The van der Waals surface area contributed by atoms with Gasteiger partial charge in [0.1, 0.15) is 17.2 Å². The van der Waals surface area contributed by atoms with Crippen molar-refractivity contribution < 1.29 is 9.13 Å². The van der Waals surface area contributed by atoms with Gasteiger partial charge in [-0.25, -0.2) is 4.39 Å². The van der Waals surface area contributed by atoms with Crippen LogP contribution in [-0.4, -0.2) is 0 Å². The topological polar surface area (TPSA) is 9.23 Å². The molecule has 4 rings (SSSR count). The van der Waals surface area contributed by atoms with Gasteiger partial charge in [-0.2, -0.15) is 0 Å². The first-order valence-electron chi connectivity index (χ1n) is 8.31. The van der Waals surface area contributed by atoms with Crippen LogP contribution in [0.1, 0.15) is 23.6 Å². The number of aryl methyl sites for hydroxylation is 1. The van der Waals surface area contributed by atoms with E-state index in [0.717, 1.165) is 28.0 Å². The highest BCUT2D eigenvalue weighted by molar-refractivity contribution is 6.33. The van der Waals surface area contributed by atoms with Crippen LogP contribution in [-0.2, 0) is 12.0 Å². The number of rotatable bonds is 2. The minimum absolute atomic E-state index is 0.261. The van der Waals surface area contributed by atoms with Gasteiger partial charge in [0.25, 0.3) is 0 Å². The molecule has 3 aromatic carbocycles. The van der Waals surface area contributed by atoms with E-state index < -0.39 is 5.60 Å². The normalized spacial score (nSPS) is 18.7.